The van der Waals surface area contributed by atoms with Crippen LogP contribution >= 0.6 is 15.6 Å². The van der Waals surface area contributed by atoms with E-state index >= 15 is 0 Å². The third-order valence-electron chi connectivity index (χ3n) is 0. The molecule has 0 aromatic rings. The van der Waals surface area contributed by atoms with Crippen molar-refractivity contribution >= 4 is 15.6 Å². The largest absolute Gasteiger partial charge is 2.00 e. The molecule has 0 unspecified atom stereocenters. The standard InChI is InChI=1S/C2H6O.ClH.3Co.H3N.2H3O4P/c1-2-3;;;;;;2*1-5(2,3)4/h3H,2H2,1H3;1H;;;;1H3;2*(H3,1,2,3,4)/q;;3*+2;;;/p-6. The summed E-state index contributed by atoms with van der Waals surface area (Å²) < 4.78 is 17.1. The number of halogens is 1. The van der Waals surface area contributed by atoms with E-state index in [4.69, 9.17) is 43.6 Å². The van der Waals surface area contributed by atoms with Crippen LogP contribution in [-0.2, 0) is 59.5 Å². The molecule has 0 saturated heterocycles. The van der Waals surface area contributed by atoms with Gasteiger partial charge in [-0.05, 0) is 6.92 Å². The number of quaternary nitrogens is 1. The Bertz CT molecular complexity index is 162. The molecular weight excluding hydrogens is 456 g/mol. The van der Waals surface area contributed by atoms with Crippen LogP contribution in [0.1, 0.15) is 6.92 Å². The van der Waals surface area contributed by atoms with Gasteiger partial charge in [0.25, 0.3) is 0 Å². The quantitative estimate of drug-likeness (QED) is 0.322. The molecular formula is C2H10ClCo3NO9P2. The van der Waals surface area contributed by atoms with Crippen LogP contribution in [0.15, 0.2) is 0 Å². The molecule has 0 aromatic heterocycles. The number of hydrogen-bond donors (Lipinski definition) is 2. The van der Waals surface area contributed by atoms with E-state index in [1.807, 2.05) is 0 Å². The average Bonchev–Trinajstić information content (AvgIpc) is 1.52. The van der Waals surface area contributed by atoms with Gasteiger partial charge in [-0.3, -0.25) is 0 Å². The van der Waals surface area contributed by atoms with Crippen LogP contribution in [0, 0.1) is 0 Å². The van der Waals surface area contributed by atoms with Crippen molar-refractivity contribution in [2.24, 2.45) is 0 Å². The molecule has 5 N–H and O–H groups in total. The second kappa shape index (κ2) is 27.3. The molecule has 0 spiro atoms. The zero-order valence-corrected chi connectivity index (χ0v) is 14.4. The van der Waals surface area contributed by atoms with E-state index in [0.717, 1.165) is 0 Å². The van der Waals surface area contributed by atoms with Crippen molar-refractivity contribution in [2.75, 3.05) is 6.61 Å². The molecule has 0 aromatic carbocycles. The first-order valence-electron chi connectivity index (χ1n) is 2.48. The predicted octanol–water partition coefficient (Wildman–Crippen LogP) is -8.28. The van der Waals surface area contributed by atoms with Gasteiger partial charge in [-0.1, -0.05) is 0 Å². The number of aliphatic hydroxyl groups is 1. The van der Waals surface area contributed by atoms with Crippen molar-refractivity contribution in [1.29, 1.82) is 0 Å². The SMILES string of the molecule is CCO.O=P([O-])([O-])[O-].O=P([O-])([O-])[O-].[Cl-].[Co+2].[Co+2].[Co+2].[NH4+]. The van der Waals surface area contributed by atoms with Gasteiger partial charge < -0.3 is 62.2 Å². The molecule has 0 amide bonds. The molecule has 121 valence electrons. The second-order valence-electron chi connectivity index (χ2n) is 1.21. The fourth-order valence-corrected chi connectivity index (χ4v) is 0. The van der Waals surface area contributed by atoms with Gasteiger partial charge in [0.1, 0.15) is 0 Å². The van der Waals surface area contributed by atoms with Crippen molar-refractivity contribution in [1.82, 2.24) is 6.15 Å². The molecule has 0 saturated carbocycles. The van der Waals surface area contributed by atoms with Crippen LogP contribution < -0.4 is 47.9 Å². The van der Waals surface area contributed by atoms with Crippen molar-refractivity contribution in [2.45, 2.75) is 6.92 Å². The normalized spacial score (nSPS) is 7.56. The van der Waals surface area contributed by atoms with Gasteiger partial charge in [0.05, 0.1) is 0 Å². The summed E-state index contributed by atoms with van der Waals surface area (Å²) >= 11 is 0. The Morgan fingerprint density at radius 3 is 0.833 bits per heavy atom. The molecule has 18 heavy (non-hydrogen) atoms. The summed E-state index contributed by atoms with van der Waals surface area (Å²) in [5.74, 6) is 0. The minimum absolute atomic E-state index is 0. The third kappa shape index (κ3) is 1360. The van der Waals surface area contributed by atoms with E-state index in [2.05, 4.69) is 0 Å². The third-order valence-corrected chi connectivity index (χ3v) is 0. The number of phosphoric acid groups is 2. The maximum absolute atomic E-state index is 8.55. The molecule has 0 atom stereocenters. The molecule has 3 radical (unpaired) electrons. The fraction of sp³-hybridized carbons (Fsp3) is 1.00. The van der Waals surface area contributed by atoms with Gasteiger partial charge in [0, 0.05) is 6.61 Å². The first-order chi connectivity index (χ1) is 5.41. The average molecular weight is 466 g/mol. The topological polar surface area (TPSA) is 229 Å². The van der Waals surface area contributed by atoms with E-state index in [9.17, 15) is 0 Å². The Morgan fingerprint density at radius 2 is 0.833 bits per heavy atom. The molecule has 0 aliphatic rings. The van der Waals surface area contributed by atoms with Gasteiger partial charge in [-0.15, -0.1) is 0 Å². The summed E-state index contributed by atoms with van der Waals surface area (Å²) in [5, 5.41) is 7.57. The molecule has 10 nitrogen and oxygen atoms in total. The number of aliphatic hydroxyl groups excluding tert-OH is 1. The molecule has 0 rings (SSSR count). The monoisotopic (exact) mass is 466 g/mol. The Kier molecular flexibility index (Phi) is 76.1. The van der Waals surface area contributed by atoms with Crippen molar-refractivity contribution in [3.8, 4) is 0 Å². The molecule has 0 fully saturated rings. The molecule has 0 heterocycles. The fourth-order valence-electron chi connectivity index (χ4n) is 0. The summed E-state index contributed by atoms with van der Waals surface area (Å²) in [6, 6.07) is 0. The maximum atomic E-state index is 8.55. The van der Waals surface area contributed by atoms with Gasteiger partial charge in [-0.2, -0.15) is 15.6 Å². The van der Waals surface area contributed by atoms with Gasteiger partial charge >= 0.3 is 50.3 Å². The number of hydrogen-bond acceptors (Lipinski definition) is 9. The first-order valence-corrected chi connectivity index (χ1v) is 5.41. The first kappa shape index (κ1) is 50.2. The van der Waals surface area contributed by atoms with Crippen molar-refractivity contribution in [3.05, 3.63) is 0 Å². The van der Waals surface area contributed by atoms with E-state index in [0.29, 0.717) is 0 Å². The molecule has 0 aliphatic heterocycles. The van der Waals surface area contributed by atoms with Crippen LogP contribution in [0.5, 0.6) is 0 Å². The van der Waals surface area contributed by atoms with Crippen LogP contribution in [-0.4, -0.2) is 11.7 Å². The van der Waals surface area contributed by atoms with Crippen LogP contribution in [0.25, 0.3) is 0 Å². The van der Waals surface area contributed by atoms with Gasteiger partial charge in [0.15, 0.2) is 0 Å². The predicted molar refractivity (Wildman–Crippen MR) is 34.0 cm³/mol. The maximum Gasteiger partial charge on any atom is 2.00 e. The van der Waals surface area contributed by atoms with Crippen molar-refractivity contribution < 1.29 is 106 Å². The molecule has 16 heteroatoms. The van der Waals surface area contributed by atoms with E-state index in [1.54, 1.807) is 6.92 Å². The van der Waals surface area contributed by atoms with Crippen molar-refractivity contribution in [3.63, 3.8) is 0 Å². The summed E-state index contributed by atoms with van der Waals surface area (Å²) in [7, 11) is -10.8. The Balaban J connectivity index is -0.0000000125. The van der Waals surface area contributed by atoms with Crippen LogP contribution in [0.2, 0.25) is 0 Å². The molecule has 0 bridgehead atoms. The summed E-state index contributed by atoms with van der Waals surface area (Å²) in [6.45, 7) is 1.93. The summed E-state index contributed by atoms with van der Waals surface area (Å²) in [5.41, 5.74) is 0. The number of rotatable bonds is 0. The summed E-state index contributed by atoms with van der Waals surface area (Å²) in [6.07, 6.45) is 0. The Morgan fingerprint density at radius 1 is 0.833 bits per heavy atom. The van der Waals surface area contributed by atoms with Gasteiger partial charge in [0.2, 0.25) is 0 Å². The van der Waals surface area contributed by atoms with E-state index in [-0.39, 0.29) is 75.5 Å². The zero-order chi connectivity index (χ0) is 11.7. The van der Waals surface area contributed by atoms with E-state index in [1.165, 1.54) is 0 Å². The Labute approximate surface area is 141 Å². The summed E-state index contributed by atoms with van der Waals surface area (Å²) in [4.78, 5) is 51.3. The minimum atomic E-state index is -5.39. The zero-order valence-electron chi connectivity index (χ0n) is 8.69. The molecule has 0 aliphatic carbocycles. The second-order valence-corrected chi connectivity index (χ2v) is 3.00. The minimum Gasteiger partial charge on any atom is -1.00 e. The Hall–Kier alpha value is 1.95. The van der Waals surface area contributed by atoms with E-state index < -0.39 is 15.6 Å². The van der Waals surface area contributed by atoms with Crippen LogP contribution in [0.4, 0.5) is 0 Å². The van der Waals surface area contributed by atoms with Crippen LogP contribution in [0.3, 0.4) is 0 Å². The smallest absolute Gasteiger partial charge is 1.00 e. The van der Waals surface area contributed by atoms with Gasteiger partial charge in [-0.25, -0.2) is 0 Å².